The third-order valence-corrected chi connectivity index (χ3v) is 2.93. The summed E-state index contributed by atoms with van der Waals surface area (Å²) >= 11 is 5.79. The molecule has 2 atom stereocenters. The summed E-state index contributed by atoms with van der Waals surface area (Å²) in [7, 11) is 0. The monoisotopic (exact) mass is 224 g/mol. The molecule has 3 heteroatoms. The molecule has 1 saturated carbocycles. The number of rotatable bonds is 3. The van der Waals surface area contributed by atoms with Crippen LogP contribution in [0.2, 0.25) is 5.02 Å². The van der Waals surface area contributed by atoms with E-state index < -0.39 is 0 Å². The minimum absolute atomic E-state index is 0.0612. The fourth-order valence-electron chi connectivity index (χ4n) is 1.78. The van der Waals surface area contributed by atoms with Gasteiger partial charge in [-0.25, -0.2) is 0 Å². The van der Waals surface area contributed by atoms with Crippen LogP contribution in [-0.4, -0.2) is 12.6 Å². The van der Waals surface area contributed by atoms with Crippen LogP contribution in [0.15, 0.2) is 24.3 Å². The second kappa shape index (κ2) is 4.23. The standard InChI is InChI=1S/C12H13ClO2/c1-2-15-12(14)11-7-10(11)8-3-5-9(13)6-4-8/h3-6,10-11H,2,7H2,1H3/t10-,11?/m0/s1. The highest BCUT2D eigenvalue weighted by atomic mass is 35.5. The molecular weight excluding hydrogens is 212 g/mol. The molecule has 1 aromatic rings. The van der Waals surface area contributed by atoms with Crippen LogP contribution in [-0.2, 0) is 9.53 Å². The molecule has 0 radical (unpaired) electrons. The average molecular weight is 225 g/mol. The molecule has 80 valence electrons. The summed E-state index contributed by atoms with van der Waals surface area (Å²) in [5.41, 5.74) is 1.18. The Morgan fingerprint density at radius 2 is 2.13 bits per heavy atom. The Morgan fingerprint density at radius 3 is 2.73 bits per heavy atom. The highest BCUT2D eigenvalue weighted by Crippen LogP contribution is 2.48. The van der Waals surface area contributed by atoms with E-state index in [1.54, 1.807) is 0 Å². The Labute approximate surface area is 94.2 Å². The fourth-order valence-corrected chi connectivity index (χ4v) is 1.91. The summed E-state index contributed by atoms with van der Waals surface area (Å²) in [4.78, 5) is 11.4. The molecule has 0 aliphatic heterocycles. The van der Waals surface area contributed by atoms with E-state index in [0.29, 0.717) is 12.5 Å². The van der Waals surface area contributed by atoms with Gasteiger partial charge in [-0.05, 0) is 37.0 Å². The molecule has 1 aliphatic rings. The van der Waals surface area contributed by atoms with Gasteiger partial charge in [-0.3, -0.25) is 4.79 Å². The van der Waals surface area contributed by atoms with Crippen LogP contribution in [0.3, 0.4) is 0 Å². The van der Waals surface area contributed by atoms with Gasteiger partial charge in [-0.2, -0.15) is 0 Å². The van der Waals surface area contributed by atoms with E-state index in [2.05, 4.69) is 0 Å². The van der Waals surface area contributed by atoms with Crippen molar-refractivity contribution in [1.82, 2.24) is 0 Å². The molecule has 1 aromatic carbocycles. The van der Waals surface area contributed by atoms with Crippen molar-refractivity contribution >= 4 is 17.6 Å². The molecule has 1 unspecified atom stereocenters. The van der Waals surface area contributed by atoms with E-state index in [1.807, 2.05) is 31.2 Å². The van der Waals surface area contributed by atoms with Crippen LogP contribution in [0.5, 0.6) is 0 Å². The number of esters is 1. The van der Waals surface area contributed by atoms with E-state index in [4.69, 9.17) is 16.3 Å². The number of hydrogen-bond donors (Lipinski definition) is 0. The third-order valence-electron chi connectivity index (χ3n) is 2.68. The minimum Gasteiger partial charge on any atom is -0.466 e. The van der Waals surface area contributed by atoms with Gasteiger partial charge in [0.05, 0.1) is 12.5 Å². The Balaban J connectivity index is 1.98. The van der Waals surface area contributed by atoms with Crippen molar-refractivity contribution in [3.05, 3.63) is 34.9 Å². The van der Waals surface area contributed by atoms with E-state index in [0.717, 1.165) is 11.4 Å². The van der Waals surface area contributed by atoms with Crippen LogP contribution in [0.1, 0.15) is 24.8 Å². The zero-order valence-corrected chi connectivity index (χ0v) is 9.33. The maximum atomic E-state index is 11.4. The highest BCUT2D eigenvalue weighted by Gasteiger charge is 2.44. The zero-order chi connectivity index (χ0) is 10.8. The van der Waals surface area contributed by atoms with Gasteiger partial charge in [-0.1, -0.05) is 23.7 Å². The zero-order valence-electron chi connectivity index (χ0n) is 8.57. The van der Waals surface area contributed by atoms with Gasteiger partial charge in [0.2, 0.25) is 0 Å². The van der Waals surface area contributed by atoms with E-state index >= 15 is 0 Å². The van der Waals surface area contributed by atoms with E-state index in [1.165, 1.54) is 5.56 Å². The lowest BCUT2D eigenvalue weighted by Crippen LogP contribution is -2.07. The molecule has 15 heavy (non-hydrogen) atoms. The Morgan fingerprint density at radius 1 is 1.47 bits per heavy atom. The van der Waals surface area contributed by atoms with Crippen molar-refractivity contribution in [2.45, 2.75) is 19.3 Å². The Hall–Kier alpha value is -1.02. The first-order chi connectivity index (χ1) is 7.22. The van der Waals surface area contributed by atoms with Crippen molar-refractivity contribution in [3.8, 4) is 0 Å². The highest BCUT2D eigenvalue weighted by molar-refractivity contribution is 6.30. The lowest BCUT2D eigenvalue weighted by Gasteiger charge is -2.01. The van der Waals surface area contributed by atoms with Crippen LogP contribution in [0.25, 0.3) is 0 Å². The lowest BCUT2D eigenvalue weighted by atomic mass is 10.1. The van der Waals surface area contributed by atoms with Gasteiger partial charge in [-0.15, -0.1) is 0 Å². The first-order valence-corrected chi connectivity index (χ1v) is 5.52. The van der Waals surface area contributed by atoms with E-state index in [9.17, 15) is 4.79 Å². The Bertz CT molecular complexity index is 358. The predicted molar refractivity (Wildman–Crippen MR) is 58.9 cm³/mol. The number of carbonyl (C=O) groups excluding carboxylic acids is 1. The first kappa shape index (κ1) is 10.5. The minimum atomic E-state index is -0.0718. The fraction of sp³-hybridized carbons (Fsp3) is 0.417. The van der Waals surface area contributed by atoms with Crippen molar-refractivity contribution in [3.63, 3.8) is 0 Å². The molecule has 0 aromatic heterocycles. The summed E-state index contributed by atoms with van der Waals surface area (Å²) < 4.78 is 4.98. The van der Waals surface area contributed by atoms with Crippen molar-refractivity contribution in [2.24, 2.45) is 5.92 Å². The SMILES string of the molecule is CCOC(=O)C1C[C@H]1c1ccc(Cl)cc1. The molecule has 0 spiro atoms. The number of ether oxygens (including phenoxy) is 1. The van der Waals surface area contributed by atoms with Crippen LogP contribution in [0.4, 0.5) is 0 Å². The predicted octanol–water partition coefficient (Wildman–Crippen LogP) is 3.01. The van der Waals surface area contributed by atoms with Gasteiger partial charge >= 0.3 is 5.97 Å². The number of hydrogen-bond acceptors (Lipinski definition) is 2. The molecule has 0 bridgehead atoms. The van der Waals surface area contributed by atoms with Crippen molar-refractivity contribution in [1.29, 1.82) is 0 Å². The molecular formula is C12H13ClO2. The lowest BCUT2D eigenvalue weighted by molar-refractivity contribution is -0.144. The number of halogens is 1. The van der Waals surface area contributed by atoms with Crippen LogP contribution >= 0.6 is 11.6 Å². The maximum Gasteiger partial charge on any atom is 0.309 e. The van der Waals surface area contributed by atoms with Crippen LogP contribution in [0, 0.1) is 5.92 Å². The second-order valence-electron chi connectivity index (χ2n) is 3.75. The quantitative estimate of drug-likeness (QED) is 0.738. The van der Waals surface area contributed by atoms with Gasteiger partial charge in [0.15, 0.2) is 0 Å². The molecule has 0 saturated heterocycles. The summed E-state index contributed by atoms with van der Waals surface area (Å²) in [5.74, 6) is 0.324. The van der Waals surface area contributed by atoms with Gasteiger partial charge in [0.25, 0.3) is 0 Å². The largest absolute Gasteiger partial charge is 0.466 e. The smallest absolute Gasteiger partial charge is 0.309 e. The topological polar surface area (TPSA) is 26.3 Å². The summed E-state index contributed by atoms with van der Waals surface area (Å²) in [5, 5.41) is 0.729. The summed E-state index contributed by atoms with van der Waals surface area (Å²) in [6.07, 6.45) is 0.903. The Kier molecular flexibility index (Phi) is 2.96. The van der Waals surface area contributed by atoms with Gasteiger partial charge in [0.1, 0.15) is 0 Å². The van der Waals surface area contributed by atoms with Crippen molar-refractivity contribution in [2.75, 3.05) is 6.61 Å². The molecule has 1 fully saturated rings. The third kappa shape index (κ3) is 2.32. The normalized spacial score (nSPS) is 23.6. The molecule has 0 amide bonds. The maximum absolute atomic E-state index is 11.4. The molecule has 2 nitrogen and oxygen atoms in total. The number of benzene rings is 1. The van der Waals surface area contributed by atoms with Gasteiger partial charge < -0.3 is 4.74 Å². The molecule has 0 heterocycles. The molecule has 0 N–H and O–H groups in total. The van der Waals surface area contributed by atoms with Gasteiger partial charge in [0, 0.05) is 5.02 Å². The summed E-state index contributed by atoms with van der Waals surface area (Å²) in [6.45, 7) is 2.29. The first-order valence-electron chi connectivity index (χ1n) is 5.14. The number of carbonyl (C=O) groups is 1. The van der Waals surface area contributed by atoms with Crippen molar-refractivity contribution < 1.29 is 9.53 Å². The molecule has 1 aliphatic carbocycles. The second-order valence-corrected chi connectivity index (χ2v) is 4.19. The van der Waals surface area contributed by atoms with Crippen LogP contribution < -0.4 is 0 Å². The average Bonchev–Trinajstić information content (AvgIpc) is 2.99. The van der Waals surface area contributed by atoms with E-state index in [-0.39, 0.29) is 11.9 Å². The molecule has 2 rings (SSSR count). The summed E-state index contributed by atoms with van der Waals surface area (Å²) in [6, 6.07) is 7.67.